The van der Waals surface area contributed by atoms with E-state index in [2.05, 4.69) is 10.4 Å². The van der Waals surface area contributed by atoms with Gasteiger partial charge in [-0.1, -0.05) is 0 Å². The van der Waals surface area contributed by atoms with E-state index in [1.807, 2.05) is 6.92 Å². The molecule has 19 heavy (non-hydrogen) atoms. The lowest BCUT2D eigenvalue weighted by molar-refractivity contribution is -0.0382. The summed E-state index contributed by atoms with van der Waals surface area (Å²) < 4.78 is 30.3. The van der Waals surface area contributed by atoms with E-state index in [-0.39, 0.29) is 30.7 Å². The van der Waals surface area contributed by atoms with E-state index < -0.39 is 5.92 Å². The van der Waals surface area contributed by atoms with Crippen LogP contribution < -0.4 is 5.32 Å². The third-order valence-electron chi connectivity index (χ3n) is 4.16. The van der Waals surface area contributed by atoms with Gasteiger partial charge in [-0.25, -0.2) is 0 Å². The molecular weight excluding hydrogens is 252 g/mol. The Hall–Kier alpha value is -1.01. The minimum absolute atomic E-state index is 0.0675. The van der Waals surface area contributed by atoms with Gasteiger partial charge in [-0.05, 0) is 19.3 Å². The summed E-state index contributed by atoms with van der Waals surface area (Å²) in [7, 11) is 0. The Morgan fingerprint density at radius 2 is 2.32 bits per heavy atom. The van der Waals surface area contributed by atoms with Gasteiger partial charge in [-0.15, -0.1) is 0 Å². The minimum atomic E-state index is -2.90. The van der Waals surface area contributed by atoms with Crippen LogP contribution >= 0.6 is 0 Å². The Morgan fingerprint density at radius 3 is 3.05 bits per heavy atom. The zero-order valence-corrected chi connectivity index (χ0v) is 11.0. The topological polar surface area (TPSA) is 50.1 Å². The van der Waals surface area contributed by atoms with Crippen LogP contribution in [0.4, 0.5) is 8.78 Å². The van der Waals surface area contributed by atoms with Crippen LogP contribution in [0.2, 0.25) is 0 Å². The van der Waals surface area contributed by atoms with Gasteiger partial charge in [0.15, 0.2) is 0 Å². The van der Waals surface area contributed by atoms with Crippen molar-refractivity contribution in [2.75, 3.05) is 6.61 Å². The first-order valence-corrected chi connectivity index (χ1v) is 6.82. The van der Waals surface area contributed by atoms with E-state index in [9.17, 15) is 8.78 Å². The van der Waals surface area contributed by atoms with Crippen LogP contribution in [-0.2, 0) is 25.4 Å². The van der Waals surface area contributed by atoms with Gasteiger partial charge in [0.2, 0.25) is 0 Å². The number of aromatic nitrogens is 2. The second-order valence-electron chi connectivity index (χ2n) is 5.73. The standard InChI is InChI=1S/C13H19F2N3O/c1-8-4-11-10(6-16-8)12-13(14,15)5-9(7-19)2-3-18(12)17-11/h8-9,16,19H,2-7H2,1H3/t8-,9?/m1/s1. The van der Waals surface area contributed by atoms with Crippen LogP contribution in [0.1, 0.15) is 36.7 Å². The number of hydrogen-bond donors (Lipinski definition) is 2. The predicted molar refractivity (Wildman–Crippen MR) is 65.9 cm³/mol. The van der Waals surface area contributed by atoms with Gasteiger partial charge in [0, 0.05) is 44.1 Å². The molecule has 1 unspecified atom stereocenters. The number of hydrogen-bond acceptors (Lipinski definition) is 3. The van der Waals surface area contributed by atoms with Crippen molar-refractivity contribution in [1.82, 2.24) is 15.1 Å². The Bertz CT molecular complexity index is 486. The van der Waals surface area contributed by atoms with Gasteiger partial charge in [0.25, 0.3) is 5.92 Å². The number of nitrogens with zero attached hydrogens (tertiary/aromatic N) is 2. The van der Waals surface area contributed by atoms with Crippen molar-refractivity contribution in [2.45, 2.75) is 51.2 Å². The van der Waals surface area contributed by atoms with Gasteiger partial charge in [0.1, 0.15) is 5.69 Å². The highest BCUT2D eigenvalue weighted by atomic mass is 19.3. The summed E-state index contributed by atoms with van der Waals surface area (Å²) in [5, 5.41) is 16.8. The van der Waals surface area contributed by atoms with Gasteiger partial charge in [0.05, 0.1) is 5.69 Å². The molecule has 0 bridgehead atoms. The highest BCUT2D eigenvalue weighted by Gasteiger charge is 2.43. The lowest BCUT2D eigenvalue weighted by Gasteiger charge is -2.23. The van der Waals surface area contributed by atoms with E-state index in [4.69, 9.17) is 5.11 Å². The molecule has 3 rings (SSSR count). The van der Waals surface area contributed by atoms with Gasteiger partial charge in [-0.2, -0.15) is 13.9 Å². The lowest BCUT2D eigenvalue weighted by atomic mass is 9.94. The van der Waals surface area contributed by atoms with Crippen LogP contribution in [0.15, 0.2) is 0 Å². The predicted octanol–water partition coefficient (Wildman–Crippen LogP) is 1.41. The Kier molecular flexibility index (Phi) is 3.09. The number of halogens is 2. The summed E-state index contributed by atoms with van der Waals surface area (Å²) in [5.74, 6) is -3.24. The maximum Gasteiger partial charge on any atom is 0.290 e. The normalized spacial score (nSPS) is 29.5. The molecule has 0 saturated carbocycles. The number of aryl methyl sites for hydroxylation is 1. The molecule has 106 valence electrons. The fourth-order valence-corrected chi connectivity index (χ4v) is 3.13. The fraction of sp³-hybridized carbons (Fsp3) is 0.769. The number of nitrogens with one attached hydrogen (secondary N) is 1. The van der Waals surface area contributed by atoms with Crippen molar-refractivity contribution in [3.63, 3.8) is 0 Å². The summed E-state index contributed by atoms with van der Waals surface area (Å²) in [6.07, 6.45) is 0.981. The molecule has 2 aliphatic heterocycles. The summed E-state index contributed by atoms with van der Waals surface area (Å²) in [4.78, 5) is 0. The minimum Gasteiger partial charge on any atom is -0.396 e. The quantitative estimate of drug-likeness (QED) is 0.812. The van der Waals surface area contributed by atoms with Crippen molar-refractivity contribution in [1.29, 1.82) is 0 Å². The number of fused-ring (bicyclic) bond motifs is 3. The second-order valence-corrected chi connectivity index (χ2v) is 5.73. The highest BCUT2D eigenvalue weighted by Crippen LogP contribution is 2.41. The first-order valence-electron chi connectivity index (χ1n) is 6.82. The van der Waals surface area contributed by atoms with Crippen molar-refractivity contribution in [2.24, 2.45) is 5.92 Å². The molecule has 0 spiro atoms. The van der Waals surface area contributed by atoms with Crippen LogP contribution in [0, 0.1) is 5.92 Å². The third-order valence-corrected chi connectivity index (χ3v) is 4.16. The van der Waals surface area contributed by atoms with Crippen LogP contribution in [-0.4, -0.2) is 27.5 Å². The van der Waals surface area contributed by atoms with E-state index in [1.54, 1.807) is 0 Å². The molecule has 3 heterocycles. The lowest BCUT2D eigenvalue weighted by Crippen LogP contribution is -2.34. The molecule has 2 N–H and O–H groups in total. The number of aliphatic hydroxyl groups excluding tert-OH is 1. The SMILES string of the molecule is C[C@@H]1Cc2nn3c(c2CN1)C(F)(F)CC(CO)CC3. The molecule has 4 nitrogen and oxygen atoms in total. The molecule has 0 aliphatic carbocycles. The Labute approximate surface area is 110 Å². The first-order chi connectivity index (χ1) is 9.01. The maximum atomic E-state index is 14.4. The van der Waals surface area contributed by atoms with Gasteiger partial charge >= 0.3 is 0 Å². The van der Waals surface area contributed by atoms with E-state index in [0.717, 1.165) is 5.69 Å². The fourth-order valence-electron chi connectivity index (χ4n) is 3.13. The number of aliphatic hydroxyl groups is 1. The molecule has 6 heteroatoms. The van der Waals surface area contributed by atoms with Crippen molar-refractivity contribution in [3.05, 3.63) is 17.0 Å². The van der Waals surface area contributed by atoms with Crippen molar-refractivity contribution in [3.8, 4) is 0 Å². The largest absolute Gasteiger partial charge is 0.396 e. The van der Waals surface area contributed by atoms with Gasteiger partial charge in [-0.3, -0.25) is 4.68 Å². The molecule has 2 atom stereocenters. The van der Waals surface area contributed by atoms with E-state index in [0.29, 0.717) is 31.5 Å². The zero-order chi connectivity index (χ0) is 13.6. The van der Waals surface area contributed by atoms with Crippen LogP contribution in [0.5, 0.6) is 0 Å². The molecule has 0 fully saturated rings. The maximum absolute atomic E-state index is 14.4. The van der Waals surface area contributed by atoms with Crippen molar-refractivity contribution < 1.29 is 13.9 Å². The summed E-state index contributed by atoms with van der Waals surface area (Å²) in [5.41, 5.74) is 1.54. The average molecular weight is 271 g/mol. The van der Waals surface area contributed by atoms with E-state index >= 15 is 0 Å². The highest BCUT2D eigenvalue weighted by molar-refractivity contribution is 5.32. The monoisotopic (exact) mass is 271 g/mol. The van der Waals surface area contributed by atoms with Crippen LogP contribution in [0.25, 0.3) is 0 Å². The average Bonchev–Trinajstić information content (AvgIpc) is 2.66. The molecule has 0 saturated heterocycles. The Morgan fingerprint density at radius 1 is 1.53 bits per heavy atom. The molecule has 0 amide bonds. The molecule has 0 aromatic carbocycles. The summed E-state index contributed by atoms with van der Waals surface area (Å²) in [6.45, 7) is 2.79. The molecular formula is C13H19F2N3O. The molecule has 1 aromatic rings. The second kappa shape index (κ2) is 4.52. The summed E-state index contributed by atoms with van der Waals surface area (Å²) >= 11 is 0. The van der Waals surface area contributed by atoms with E-state index in [1.165, 1.54) is 4.68 Å². The number of rotatable bonds is 1. The smallest absolute Gasteiger partial charge is 0.290 e. The first kappa shape index (κ1) is 13.0. The zero-order valence-electron chi connectivity index (χ0n) is 11.0. The molecule has 2 aliphatic rings. The number of alkyl halides is 2. The Balaban J connectivity index is 2.03. The summed E-state index contributed by atoms with van der Waals surface area (Å²) in [6, 6.07) is 0.283. The van der Waals surface area contributed by atoms with Crippen LogP contribution in [0.3, 0.4) is 0 Å². The molecule has 0 radical (unpaired) electrons. The van der Waals surface area contributed by atoms with Crippen molar-refractivity contribution >= 4 is 0 Å². The van der Waals surface area contributed by atoms with Gasteiger partial charge < -0.3 is 10.4 Å². The third kappa shape index (κ3) is 2.17. The molecule has 1 aromatic heterocycles.